The number of carbonyl (C=O) groups is 7. The van der Waals surface area contributed by atoms with Crippen molar-refractivity contribution in [2.45, 2.75) is 127 Å². The number of benzene rings is 2. The van der Waals surface area contributed by atoms with Crippen LogP contribution in [0.2, 0.25) is 0 Å². The molecule has 1 aliphatic carbocycles. The Hall–Kier alpha value is -6.88. The molecule has 74 heavy (non-hydrogen) atoms. The third-order valence-electron chi connectivity index (χ3n) is 14.4. The van der Waals surface area contributed by atoms with Gasteiger partial charge in [0, 0.05) is 69.1 Å². The number of aromatic nitrogens is 2. The normalized spacial score (nSPS) is 19.8. The fourth-order valence-electron chi connectivity index (χ4n) is 10.2. The number of carbonyl (C=O) groups excluding carboxylic acids is 7. The molecule has 4 aliphatic heterocycles. The number of piperidine rings is 2. The zero-order valence-corrected chi connectivity index (χ0v) is 42.5. The summed E-state index contributed by atoms with van der Waals surface area (Å²) in [7, 11) is 2.60. The maximum atomic E-state index is 15.7. The summed E-state index contributed by atoms with van der Waals surface area (Å²) < 4.78 is 57.7. The van der Waals surface area contributed by atoms with Gasteiger partial charge in [0.1, 0.15) is 23.3 Å². The number of nitrogens with one attached hydrogen (secondary N) is 5. The highest BCUT2D eigenvalue weighted by atomic mass is 19.3. The van der Waals surface area contributed by atoms with Crippen molar-refractivity contribution in [2.75, 3.05) is 73.9 Å². The van der Waals surface area contributed by atoms with E-state index < -0.39 is 70.9 Å². The van der Waals surface area contributed by atoms with Crippen LogP contribution in [0.15, 0.2) is 36.5 Å². The molecule has 20 nitrogen and oxygen atoms in total. The quantitative estimate of drug-likeness (QED) is 0.107. The Morgan fingerprint density at radius 1 is 0.946 bits per heavy atom. The molecule has 3 fully saturated rings. The number of rotatable bonds is 18. The highest BCUT2D eigenvalue weighted by Crippen LogP contribution is 2.41. The molecule has 398 valence electrons. The van der Waals surface area contributed by atoms with E-state index in [9.17, 15) is 33.6 Å². The zero-order valence-electron chi connectivity index (χ0n) is 42.5. The van der Waals surface area contributed by atoms with E-state index in [0.717, 1.165) is 28.7 Å². The molecule has 0 bridgehead atoms. The Kier molecular flexibility index (Phi) is 15.5. The van der Waals surface area contributed by atoms with Crippen molar-refractivity contribution in [2.24, 2.45) is 0 Å². The SMILES string of the molecule is COc1cc(C(=O)NC2CCN(CC(=O)NC(C)(C)CCOC(C)(C)CCNc3cccc4c3C(=O)N(C3CCC(=O)NC3=O)C4=O)CC2)c(F)cc1Nc1ncc2c(n1)N(C1CCCC1)CC(F)(F)C(=O)N2C. The van der Waals surface area contributed by atoms with Crippen molar-refractivity contribution in [3.63, 3.8) is 0 Å². The summed E-state index contributed by atoms with van der Waals surface area (Å²) >= 11 is 0. The number of hydrogen-bond acceptors (Lipinski definition) is 15. The number of hydrogen-bond donors (Lipinski definition) is 5. The van der Waals surface area contributed by atoms with E-state index in [1.165, 1.54) is 31.3 Å². The summed E-state index contributed by atoms with van der Waals surface area (Å²) in [5.74, 6) is -8.77. The van der Waals surface area contributed by atoms with Crippen molar-refractivity contribution in [3.8, 4) is 5.75 Å². The van der Waals surface area contributed by atoms with Crippen molar-refractivity contribution < 1.29 is 56.2 Å². The molecule has 3 aromatic rings. The maximum absolute atomic E-state index is 15.7. The standard InChI is InChI=1S/C51H64F3N11O9/c1-49(2,19-23-74-50(3,4)18-20-55-34-13-9-12-31-41(34)46(71)65(45(31)70)36-14-15-39(66)59-44(36)69)61-40(67)27-63-21-16-29(17-22-63)57-43(68)32-24-38(73-6)35(25-33(32)52)58-48-56-26-37-42(60-48)64(30-10-7-8-11-30)28-51(53,54)47(72)62(37)5/h9,12-13,24-26,29-30,36,55H,7-8,10-11,14-23,27-28H2,1-6H3,(H,57,68)(H,61,67)(H,56,58,60)(H,59,66,69). The number of halogens is 3. The number of ether oxygens (including phenoxy) is 2. The second kappa shape index (κ2) is 21.5. The molecule has 1 aromatic heterocycles. The topological polar surface area (TPSA) is 237 Å². The van der Waals surface area contributed by atoms with Crippen molar-refractivity contribution >= 4 is 70.2 Å². The maximum Gasteiger partial charge on any atom is 0.342 e. The second-order valence-corrected chi connectivity index (χ2v) is 20.9. The van der Waals surface area contributed by atoms with Crippen LogP contribution < -0.4 is 41.1 Å². The average Bonchev–Trinajstić information content (AvgIpc) is 3.95. The lowest BCUT2D eigenvalue weighted by Crippen LogP contribution is -2.54. The zero-order chi connectivity index (χ0) is 53.3. The third-order valence-corrected chi connectivity index (χ3v) is 14.4. The lowest BCUT2D eigenvalue weighted by molar-refractivity contribution is -0.140. The number of methoxy groups -OCH3 is 1. The molecule has 2 aromatic carbocycles. The van der Waals surface area contributed by atoms with Crippen LogP contribution in [-0.2, 0) is 23.9 Å². The molecule has 5 aliphatic rings. The van der Waals surface area contributed by atoms with E-state index in [1.54, 1.807) is 18.2 Å². The van der Waals surface area contributed by atoms with Gasteiger partial charge in [-0.1, -0.05) is 18.9 Å². The minimum Gasteiger partial charge on any atom is -0.495 e. The van der Waals surface area contributed by atoms with Gasteiger partial charge in [0.25, 0.3) is 23.6 Å². The number of alkyl halides is 2. The van der Waals surface area contributed by atoms with Crippen molar-refractivity contribution in [3.05, 3.63) is 59.0 Å². The first-order valence-corrected chi connectivity index (χ1v) is 25.1. The van der Waals surface area contributed by atoms with Crippen LogP contribution in [0.1, 0.15) is 123 Å². The van der Waals surface area contributed by atoms with Crippen LogP contribution in [0.25, 0.3) is 0 Å². The number of likely N-dealkylation sites (tertiary alicyclic amines) is 1. The van der Waals surface area contributed by atoms with E-state index in [0.29, 0.717) is 70.5 Å². The minimum atomic E-state index is -3.65. The highest BCUT2D eigenvalue weighted by Gasteiger charge is 2.49. The van der Waals surface area contributed by atoms with Gasteiger partial charge in [-0.05, 0) is 90.8 Å². The first-order valence-electron chi connectivity index (χ1n) is 25.1. The Morgan fingerprint density at radius 2 is 1.68 bits per heavy atom. The average molecular weight is 1030 g/mol. The lowest BCUT2D eigenvalue weighted by Gasteiger charge is -2.34. The van der Waals surface area contributed by atoms with Crippen LogP contribution in [0.5, 0.6) is 5.75 Å². The van der Waals surface area contributed by atoms with Gasteiger partial charge in [-0.2, -0.15) is 13.8 Å². The molecular weight excluding hydrogens is 968 g/mol. The summed E-state index contributed by atoms with van der Waals surface area (Å²) in [6.07, 6.45) is 6.47. The predicted molar refractivity (Wildman–Crippen MR) is 266 cm³/mol. The van der Waals surface area contributed by atoms with Gasteiger partial charge in [-0.3, -0.25) is 48.7 Å². The molecule has 0 spiro atoms. The predicted octanol–water partition coefficient (Wildman–Crippen LogP) is 4.91. The largest absolute Gasteiger partial charge is 0.495 e. The number of nitrogens with zero attached hydrogens (tertiary/aromatic N) is 6. The van der Waals surface area contributed by atoms with E-state index >= 15 is 13.2 Å². The van der Waals surface area contributed by atoms with Crippen LogP contribution in [0.3, 0.4) is 0 Å². The van der Waals surface area contributed by atoms with E-state index in [4.69, 9.17) is 9.47 Å². The summed E-state index contributed by atoms with van der Waals surface area (Å²) in [5, 5.41) is 14.4. The number of anilines is 5. The van der Waals surface area contributed by atoms with E-state index in [1.807, 2.05) is 32.6 Å². The Morgan fingerprint density at radius 3 is 2.38 bits per heavy atom. The molecule has 1 atom stereocenters. The summed E-state index contributed by atoms with van der Waals surface area (Å²) in [6, 6.07) is 5.63. The second-order valence-electron chi connectivity index (χ2n) is 20.9. The molecule has 0 radical (unpaired) electrons. The molecule has 8 rings (SSSR count). The molecule has 5 heterocycles. The number of imide groups is 2. The smallest absolute Gasteiger partial charge is 0.342 e. The van der Waals surface area contributed by atoms with Gasteiger partial charge in [0.2, 0.25) is 23.7 Å². The van der Waals surface area contributed by atoms with Gasteiger partial charge in [0.05, 0.1) is 54.4 Å². The van der Waals surface area contributed by atoms with Crippen molar-refractivity contribution in [1.29, 1.82) is 0 Å². The number of amides is 7. The lowest BCUT2D eigenvalue weighted by atomic mass is 10.00. The third kappa shape index (κ3) is 11.7. The summed E-state index contributed by atoms with van der Waals surface area (Å²) in [6.45, 7) is 8.74. The Labute approximate surface area is 426 Å². The van der Waals surface area contributed by atoms with Crippen molar-refractivity contribution in [1.82, 2.24) is 35.7 Å². The minimum absolute atomic E-state index is 0.0298. The Balaban J connectivity index is 0.772. The molecule has 5 N–H and O–H groups in total. The molecule has 1 unspecified atom stereocenters. The summed E-state index contributed by atoms with van der Waals surface area (Å²) in [4.78, 5) is 104. The van der Waals surface area contributed by atoms with E-state index in [-0.39, 0.29) is 83.0 Å². The monoisotopic (exact) mass is 1030 g/mol. The van der Waals surface area contributed by atoms with Crippen LogP contribution in [-0.4, -0.2) is 150 Å². The first kappa shape index (κ1) is 53.4. The number of fused-ring (bicyclic) bond motifs is 2. The van der Waals surface area contributed by atoms with Gasteiger partial charge < -0.3 is 40.5 Å². The van der Waals surface area contributed by atoms with Crippen LogP contribution >= 0.6 is 0 Å². The van der Waals surface area contributed by atoms with Crippen LogP contribution in [0.4, 0.5) is 42.0 Å². The molecule has 23 heteroatoms. The molecule has 2 saturated heterocycles. The van der Waals surface area contributed by atoms with Gasteiger partial charge in [-0.25, -0.2) is 9.37 Å². The van der Waals surface area contributed by atoms with Crippen LogP contribution in [0, 0.1) is 5.82 Å². The summed E-state index contributed by atoms with van der Waals surface area (Å²) in [5.41, 5.74) is -0.439. The van der Waals surface area contributed by atoms with Gasteiger partial charge in [0.15, 0.2) is 5.82 Å². The fraction of sp³-hybridized carbons (Fsp3) is 0.549. The Bertz CT molecular complexity index is 2710. The van der Waals surface area contributed by atoms with E-state index in [2.05, 4.69) is 36.6 Å². The molecular formula is C51H64F3N11O9. The first-order chi connectivity index (χ1) is 35.0. The van der Waals surface area contributed by atoms with Gasteiger partial charge in [-0.15, -0.1) is 0 Å². The fourth-order valence-corrected chi connectivity index (χ4v) is 10.2. The highest BCUT2D eigenvalue weighted by molar-refractivity contribution is 6.25. The molecule has 1 saturated carbocycles. The molecule has 7 amide bonds. The van der Waals surface area contributed by atoms with Gasteiger partial charge >= 0.3 is 5.92 Å².